The molecule has 1 heterocycles. The van der Waals surface area contributed by atoms with Crippen molar-refractivity contribution in [2.75, 3.05) is 19.7 Å². The molecule has 1 aliphatic carbocycles. The highest BCUT2D eigenvalue weighted by molar-refractivity contribution is 5.83. The van der Waals surface area contributed by atoms with Crippen molar-refractivity contribution < 1.29 is 9.90 Å². The average molecular weight is 254 g/mol. The minimum absolute atomic E-state index is 0.0206. The van der Waals surface area contributed by atoms with Crippen LogP contribution in [0.25, 0.3) is 0 Å². The van der Waals surface area contributed by atoms with Crippen molar-refractivity contribution in [2.45, 2.75) is 58.0 Å². The van der Waals surface area contributed by atoms with E-state index in [2.05, 4.69) is 19.2 Å². The molecule has 0 radical (unpaired) electrons. The molecule has 1 saturated heterocycles. The second-order valence-electron chi connectivity index (χ2n) is 6.32. The number of carbonyl (C=O) groups excluding carboxylic acids is 1. The topological polar surface area (TPSA) is 52.6 Å². The van der Waals surface area contributed by atoms with E-state index in [0.717, 1.165) is 32.2 Å². The predicted octanol–water partition coefficient (Wildman–Crippen LogP) is 1.14. The Morgan fingerprint density at radius 2 is 2.11 bits per heavy atom. The SMILES string of the molecule is CC1(C)CCCNC1C(=O)N(CCO)C1CCC1. The maximum Gasteiger partial charge on any atom is 0.240 e. The maximum absolute atomic E-state index is 12.7. The Hall–Kier alpha value is -0.610. The van der Waals surface area contributed by atoms with Crippen molar-refractivity contribution in [2.24, 2.45) is 5.41 Å². The van der Waals surface area contributed by atoms with Crippen molar-refractivity contribution in [3.05, 3.63) is 0 Å². The van der Waals surface area contributed by atoms with E-state index in [9.17, 15) is 4.79 Å². The van der Waals surface area contributed by atoms with Crippen LogP contribution in [0.5, 0.6) is 0 Å². The molecule has 0 aromatic heterocycles. The molecule has 0 bridgehead atoms. The number of hydrogen-bond acceptors (Lipinski definition) is 3. The van der Waals surface area contributed by atoms with Crippen molar-refractivity contribution in [3.8, 4) is 0 Å². The van der Waals surface area contributed by atoms with Crippen molar-refractivity contribution in [1.82, 2.24) is 10.2 Å². The molecule has 2 rings (SSSR count). The number of amides is 1. The zero-order chi connectivity index (χ0) is 13.2. The van der Waals surface area contributed by atoms with Gasteiger partial charge in [0.1, 0.15) is 0 Å². The Morgan fingerprint density at radius 3 is 2.61 bits per heavy atom. The molecule has 1 unspecified atom stereocenters. The van der Waals surface area contributed by atoms with E-state index in [1.165, 1.54) is 6.42 Å². The van der Waals surface area contributed by atoms with Gasteiger partial charge in [-0.25, -0.2) is 0 Å². The van der Waals surface area contributed by atoms with Crippen molar-refractivity contribution in [1.29, 1.82) is 0 Å². The van der Waals surface area contributed by atoms with Crippen LogP contribution in [0.2, 0.25) is 0 Å². The summed E-state index contributed by atoms with van der Waals surface area (Å²) in [4.78, 5) is 14.6. The highest BCUT2D eigenvalue weighted by Crippen LogP contribution is 2.33. The number of hydrogen-bond donors (Lipinski definition) is 2. The van der Waals surface area contributed by atoms with Crippen LogP contribution >= 0.6 is 0 Å². The molecule has 1 aliphatic heterocycles. The summed E-state index contributed by atoms with van der Waals surface area (Å²) in [6.45, 7) is 5.81. The number of aliphatic hydroxyl groups is 1. The Kier molecular flexibility index (Phi) is 4.28. The first-order valence-corrected chi connectivity index (χ1v) is 7.21. The van der Waals surface area contributed by atoms with E-state index in [4.69, 9.17) is 5.11 Å². The molecule has 18 heavy (non-hydrogen) atoms. The van der Waals surface area contributed by atoms with Gasteiger partial charge >= 0.3 is 0 Å². The summed E-state index contributed by atoms with van der Waals surface area (Å²) in [5.74, 6) is 0.193. The molecule has 0 aromatic rings. The zero-order valence-electron chi connectivity index (χ0n) is 11.6. The quantitative estimate of drug-likeness (QED) is 0.791. The summed E-state index contributed by atoms with van der Waals surface area (Å²) < 4.78 is 0. The third kappa shape index (κ3) is 2.69. The third-order valence-corrected chi connectivity index (χ3v) is 4.51. The highest BCUT2D eigenvalue weighted by Gasteiger charge is 2.41. The zero-order valence-corrected chi connectivity index (χ0v) is 11.6. The van der Waals surface area contributed by atoms with Gasteiger partial charge in [0.15, 0.2) is 0 Å². The molecule has 0 spiro atoms. The number of nitrogens with zero attached hydrogens (tertiary/aromatic N) is 1. The van der Waals surface area contributed by atoms with Crippen molar-refractivity contribution >= 4 is 5.91 Å². The molecule has 1 amide bonds. The Bertz CT molecular complexity index is 300. The average Bonchev–Trinajstić information content (AvgIpc) is 2.24. The van der Waals surface area contributed by atoms with Gasteiger partial charge in [-0.2, -0.15) is 0 Å². The molecule has 1 saturated carbocycles. The van der Waals surface area contributed by atoms with Gasteiger partial charge in [-0.1, -0.05) is 13.8 Å². The van der Waals surface area contributed by atoms with Gasteiger partial charge in [0.2, 0.25) is 5.91 Å². The van der Waals surface area contributed by atoms with Crippen molar-refractivity contribution in [3.63, 3.8) is 0 Å². The van der Waals surface area contributed by atoms with Gasteiger partial charge < -0.3 is 15.3 Å². The predicted molar refractivity (Wildman–Crippen MR) is 71.2 cm³/mol. The lowest BCUT2D eigenvalue weighted by Crippen LogP contribution is -2.59. The standard InChI is InChI=1S/C14H26N2O2/c1-14(2)7-4-8-15-12(14)13(18)16(9-10-17)11-5-3-6-11/h11-12,15,17H,3-10H2,1-2H3. The molecule has 2 aliphatic rings. The van der Waals surface area contributed by atoms with E-state index >= 15 is 0 Å². The second-order valence-corrected chi connectivity index (χ2v) is 6.32. The minimum Gasteiger partial charge on any atom is -0.395 e. The summed E-state index contributed by atoms with van der Waals surface area (Å²) >= 11 is 0. The fourth-order valence-corrected chi connectivity index (χ4v) is 3.08. The fourth-order valence-electron chi connectivity index (χ4n) is 3.08. The molecule has 4 nitrogen and oxygen atoms in total. The normalized spacial score (nSPS) is 27.6. The maximum atomic E-state index is 12.7. The van der Waals surface area contributed by atoms with Crippen LogP contribution < -0.4 is 5.32 Å². The van der Waals surface area contributed by atoms with Crippen LogP contribution in [0.15, 0.2) is 0 Å². The van der Waals surface area contributed by atoms with E-state index in [-0.39, 0.29) is 24.0 Å². The van der Waals surface area contributed by atoms with E-state index in [1.54, 1.807) is 0 Å². The van der Waals surface area contributed by atoms with Gasteiger partial charge in [0, 0.05) is 12.6 Å². The van der Waals surface area contributed by atoms with Gasteiger partial charge in [-0.15, -0.1) is 0 Å². The molecular formula is C14H26N2O2. The number of aliphatic hydroxyl groups excluding tert-OH is 1. The summed E-state index contributed by atoms with van der Waals surface area (Å²) in [5, 5.41) is 12.5. The number of piperidine rings is 1. The molecular weight excluding hydrogens is 228 g/mol. The van der Waals surface area contributed by atoms with Crippen LogP contribution in [0.3, 0.4) is 0 Å². The Labute approximate surface area is 110 Å². The molecule has 104 valence electrons. The second kappa shape index (κ2) is 5.57. The number of nitrogens with one attached hydrogen (secondary N) is 1. The van der Waals surface area contributed by atoms with Crippen LogP contribution in [0.1, 0.15) is 46.0 Å². The lowest BCUT2D eigenvalue weighted by atomic mass is 9.76. The number of carbonyl (C=O) groups is 1. The lowest BCUT2D eigenvalue weighted by molar-refractivity contribution is -0.142. The van der Waals surface area contributed by atoms with Gasteiger partial charge in [0.05, 0.1) is 12.6 Å². The van der Waals surface area contributed by atoms with Crippen LogP contribution in [-0.2, 0) is 4.79 Å². The Morgan fingerprint density at radius 1 is 1.39 bits per heavy atom. The molecule has 0 aromatic carbocycles. The largest absolute Gasteiger partial charge is 0.395 e. The summed E-state index contributed by atoms with van der Waals surface area (Å²) in [6, 6.07) is 0.280. The number of rotatable bonds is 4. The van der Waals surface area contributed by atoms with Gasteiger partial charge in [0.25, 0.3) is 0 Å². The summed E-state index contributed by atoms with van der Waals surface area (Å²) in [7, 11) is 0. The summed E-state index contributed by atoms with van der Waals surface area (Å²) in [6.07, 6.45) is 5.63. The van der Waals surface area contributed by atoms with Crippen LogP contribution in [0.4, 0.5) is 0 Å². The van der Waals surface area contributed by atoms with Gasteiger partial charge in [-0.05, 0) is 44.1 Å². The molecule has 4 heteroatoms. The van der Waals surface area contributed by atoms with Gasteiger partial charge in [-0.3, -0.25) is 4.79 Å². The Balaban J connectivity index is 2.06. The monoisotopic (exact) mass is 254 g/mol. The third-order valence-electron chi connectivity index (χ3n) is 4.51. The van der Waals surface area contributed by atoms with Crippen LogP contribution in [0, 0.1) is 5.41 Å². The first-order valence-electron chi connectivity index (χ1n) is 7.21. The van der Waals surface area contributed by atoms with Crippen LogP contribution in [-0.4, -0.2) is 47.7 Å². The highest BCUT2D eigenvalue weighted by atomic mass is 16.3. The van der Waals surface area contributed by atoms with E-state index in [0.29, 0.717) is 12.6 Å². The molecule has 1 atom stereocenters. The smallest absolute Gasteiger partial charge is 0.240 e. The fraction of sp³-hybridized carbons (Fsp3) is 0.929. The molecule has 2 N–H and O–H groups in total. The summed E-state index contributed by atoms with van der Waals surface area (Å²) in [5.41, 5.74) is 0.0206. The minimum atomic E-state index is -0.0848. The van der Waals surface area contributed by atoms with E-state index < -0.39 is 0 Å². The lowest BCUT2D eigenvalue weighted by Gasteiger charge is -2.44. The first-order chi connectivity index (χ1) is 8.56. The van der Waals surface area contributed by atoms with E-state index in [1.807, 2.05) is 4.90 Å². The molecule has 2 fully saturated rings. The first kappa shape index (κ1) is 13.8.